The summed E-state index contributed by atoms with van der Waals surface area (Å²) in [7, 11) is 0. The molecule has 5 atom stereocenters. The molecule has 5 heteroatoms. The number of para-hydroxylation sites is 2. The van der Waals surface area contributed by atoms with Crippen LogP contribution in [0.5, 0.6) is 0 Å². The predicted octanol–water partition coefficient (Wildman–Crippen LogP) is 1.81. The van der Waals surface area contributed by atoms with Crippen LogP contribution in [0.15, 0.2) is 30.6 Å². The first-order valence-corrected chi connectivity index (χ1v) is 8.70. The standard InChI is InChI=1S/C18H22N4O/c1-11(21-10-20-14-4-2-3-5-17(14)21)18(23)22-15-6-7-16(22)13-9-19-8-12(13)15/h2-5,10-13,15-16,19H,6-9H2,1H3/t11-,12-,13+,15-,16+/m0/s1. The summed E-state index contributed by atoms with van der Waals surface area (Å²) >= 11 is 0. The highest BCUT2D eigenvalue weighted by atomic mass is 16.2. The molecule has 5 nitrogen and oxygen atoms in total. The van der Waals surface area contributed by atoms with Crippen molar-refractivity contribution in [3.63, 3.8) is 0 Å². The molecule has 2 bridgehead atoms. The molecule has 1 aromatic heterocycles. The summed E-state index contributed by atoms with van der Waals surface area (Å²) in [5.74, 6) is 1.61. The largest absolute Gasteiger partial charge is 0.334 e. The Hall–Kier alpha value is -1.88. The van der Waals surface area contributed by atoms with Crippen molar-refractivity contribution in [1.29, 1.82) is 0 Å². The highest BCUT2D eigenvalue weighted by Crippen LogP contribution is 2.48. The van der Waals surface area contributed by atoms with Crippen molar-refractivity contribution in [2.75, 3.05) is 13.1 Å². The molecule has 2 aromatic rings. The van der Waals surface area contributed by atoms with E-state index >= 15 is 0 Å². The molecule has 0 aliphatic carbocycles. The first-order valence-electron chi connectivity index (χ1n) is 8.70. The van der Waals surface area contributed by atoms with E-state index in [1.165, 1.54) is 12.8 Å². The second-order valence-electron chi connectivity index (χ2n) is 7.26. The van der Waals surface area contributed by atoms with Gasteiger partial charge in [-0.2, -0.15) is 0 Å². The Labute approximate surface area is 135 Å². The molecule has 0 radical (unpaired) electrons. The molecule has 0 saturated carbocycles. The van der Waals surface area contributed by atoms with E-state index in [2.05, 4.69) is 15.2 Å². The molecule has 5 rings (SSSR count). The normalized spacial score (nSPS) is 33.3. The van der Waals surface area contributed by atoms with Gasteiger partial charge in [-0.05, 0) is 43.7 Å². The van der Waals surface area contributed by atoms with Crippen molar-refractivity contribution in [2.24, 2.45) is 11.8 Å². The smallest absolute Gasteiger partial charge is 0.245 e. The molecule has 1 aromatic carbocycles. The minimum Gasteiger partial charge on any atom is -0.334 e. The number of carbonyl (C=O) groups excluding carboxylic acids is 1. The van der Waals surface area contributed by atoms with E-state index in [4.69, 9.17) is 0 Å². The van der Waals surface area contributed by atoms with E-state index in [0.29, 0.717) is 23.9 Å². The minimum atomic E-state index is -0.183. The summed E-state index contributed by atoms with van der Waals surface area (Å²) in [6, 6.07) is 8.75. The fourth-order valence-corrected chi connectivity index (χ4v) is 5.22. The number of hydrogen-bond acceptors (Lipinski definition) is 3. The van der Waals surface area contributed by atoms with Gasteiger partial charge in [-0.1, -0.05) is 12.1 Å². The first kappa shape index (κ1) is 13.5. The molecule has 23 heavy (non-hydrogen) atoms. The van der Waals surface area contributed by atoms with Gasteiger partial charge < -0.3 is 14.8 Å². The molecular weight excluding hydrogens is 288 g/mol. The van der Waals surface area contributed by atoms with E-state index < -0.39 is 0 Å². The molecular formula is C18H22N4O. The van der Waals surface area contributed by atoms with Gasteiger partial charge in [0.2, 0.25) is 5.91 Å². The molecule has 3 saturated heterocycles. The maximum Gasteiger partial charge on any atom is 0.245 e. The van der Waals surface area contributed by atoms with Crippen LogP contribution < -0.4 is 5.32 Å². The van der Waals surface area contributed by atoms with Gasteiger partial charge in [-0.3, -0.25) is 4.79 Å². The highest BCUT2D eigenvalue weighted by molar-refractivity contribution is 5.84. The molecule has 4 heterocycles. The van der Waals surface area contributed by atoms with Crippen LogP contribution >= 0.6 is 0 Å². The second kappa shape index (κ2) is 4.81. The fraction of sp³-hybridized carbons (Fsp3) is 0.556. The monoisotopic (exact) mass is 310 g/mol. The SMILES string of the molecule is C[C@@H](C(=O)N1[C@@H]2CC[C@H]1[C@H]1CNC[C@H]12)n1cnc2ccccc21. The quantitative estimate of drug-likeness (QED) is 0.920. The van der Waals surface area contributed by atoms with E-state index in [0.717, 1.165) is 24.1 Å². The summed E-state index contributed by atoms with van der Waals surface area (Å²) in [4.78, 5) is 19.9. The number of nitrogens with zero attached hydrogens (tertiary/aromatic N) is 3. The molecule has 1 amide bonds. The summed E-state index contributed by atoms with van der Waals surface area (Å²) < 4.78 is 2.03. The van der Waals surface area contributed by atoms with Gasteiger partial charge in [0.05, 0.1) is 17.4 Å². The van der Waals surface area contributed by atoms with Gasteiger partial charge in [0.25, 0.3) is 0 Å². The van der Waals surface area contributed by atoms with Crippen LogP contribution in [0.25, 0.3) is 11.0 Å². The fourth-order valence-electron chi connectivity index (χ4n) is 5.22. The van der Waals surface area contributed by atoms with Crippen molar-refractivity contribution >= 4 is 16.9 Å². The van der Waals surface area contributed by atoms with Crippen molar-refractivity contribution in [1.82, 2.24) is 19.8 Å². The predicted molar refractivity (Wildman–Crippen MR) is 87.9 cm³/mol. The average molecular weight is 310 g/mol. The highest BCUT2D eigenvalue weighted by Gasteiger charge is 2.56. The molecule has 3 aliphatic rings. The summed E-state index contributed by atoms with van der Waals surface area (Å²) in [6.45, 7) is 4.18. The molecule has 3 aliphatic heterocycles. The molecule has 0 spiro atoms. The second-order valence-corrected chi connectivity index (χ2v) is 7.26. The lowest BCUT2D eigenvalue weighted by Crippen LogP contribution is -2.42. The maximum absolute atomic E-state index is 13.2. The summed E-state index contributed by atoms with van der Waals surface area (Å²) in [5, 5.41) is 3.51. The van der Waals surface area contributed by atoms with Crippen molar-refractivity contribution in [3.05, 3.63) is 30.6 Å². The number of fused-ring (bicyclic) bond motifs is 6. The first-order chi connectivity index (χ1) is 11.3. The zero-order valence-electron chi connectivity index (χ0n) is 13.4. The van der Waals surface area contributed by atoms with E-state index in [-0.39, 0.29) is 11.9 Å². The lowest BCUT2D eigenvalue weighted by atomic mass is 9.82. The Bertz CT molecular complexity index is 751. The maximum atomic E-state index is 13.2. The Balaban J connectivity index is 1.47. The van der Waals surface area contributed by atoms with Crippen LogP contribution in [0.2, 0.25) is 0 Å². The third-order valence-corrected chi connectivity index (χ3v) is 6.28. The number of rotatable bonds is 2. The van der Waals surface area contributed by atoms with Gasteiger partial charge in [0.1, 0.15) is 6.04 Å². The molecule has 3 fully saturated rings. The molecule has 1 N–H and O–H groups in total. The van der Waals surface area contributed by atoms with E-state index in [1.54, 1.807) is 0 Å². The van der Waals surface area contributed by atoms with Crippen LogP contribution in [0, 0.1) is 11.8 Å². The molecule has 0 unspecified atom stereocenters. The van der Waals surface area contributed by atoms with Crippen LogP contribution in [-0.2, 0) is 4.79 Å². The summed E-state index contributed by atoms with van der Waals surface area (Å²) in [6.07, 6.45) is 4.17. The van der Waals surface area contributed by atoms with Crippen LogP contribution in [-0.4, -0.2) is 45.5 Å². The molecule has 120 valence electrons. The summed E-state index contributed by atoms with van der Waals surface area (Å²) in [5.41, 5.74) is 2.00. The van der Waals surface area contributed by atoms with Gasteiger partial charge >= 0.3 is 0 Å². The number of hydrogen-bond donors (Lipinski definition) is 1. The van der Waals surface area contributed by atoms with Crippen molar-refractivity contribution < 1.29 is 4.79 Å². The Morgan fingerprint density at radius 1 is 1.22 bits per heavy atom. The van der Waals surface area contributed by atoms with Crippen LogP contribution in [0.3, 0.4) is 0 Å². The Morgan fingerprint density at radius 2 is 1.91 bits per heavy atom. The average Bonchev–Trinajstić information content (AvgIpc) is 3.32. The van der Waals surface area contributed by atoms with E-state index in [9.17, 15) is 4.79 Å². The minimum absolute atomic E-state index is 0.183. The Kier molecular flexibility index (Phi) is 2.83. The zero-order chi connectivity index (χ0) is 15.6. The number of amides is 1. The number of benzene rings is 1. The van der Waals surface area contributed by atoms with Gasteiger partial charge in [0.15, 0.2) is 0 Å². The van der Waals surface area contributed by atoms with Gasteiger partial charge in [0, 0.05) is 25.2 Å². The lowest BCUT2D eigenvalue weighted by molar-refractivity contribution is -0.135. The van der Waals surface area contributed by atoms with Crippen LogP contribution in [0.1, 0.15) is 25.8 Å². The zero-order valence-corrected chi connectivity index (χ0v) is 13.4. The van der Waals surface area contributed by atoms with Crippen molar-refractivity contribution in [3.8, 4) is 0 Å². The van der Waals surface area contributed by atoms with E-state index in [1.807, 2.05) is 42.1 Å². The number of aromatic nitrogens is 2. The lowest BCUT2D eigenvalue weighted by Gasteiger charge is -2.28. The number of nitrogens with one attached hydrogen (secondary N) is 1. The Morgan fingerprint density at radius 3 is 2.65 bits per heavy atom. The third-order valence-electron chi connectivity index (χ3n) is 6.28. The number of imidazole rings is 1. The topological polar surface area (TPSA) is 50.2 Å². The van der Waals surface area contributed by atoms with Crippen molar-refractivity contribution in [2.45, 2.75) is 37.9 Å². The van der Waals surface area contributed by atoms with Gasteiger partial charge in [-0.25, -0.2) is 4.98 Å². The third kappa shape index (κ3) is 1.77. The van der Waals surface area contributed by atoms with Gasteiger partial charge in [-0.15, -0.1) is 0 Å². The number of carbonyl (C=O) groups is 1. The van der Waals surface area contributed by atoms with Crippen LogP contribution in [0.4, 0.5) is 0 Å².